The molecule has 1 rings (SSSR count). The van der Waals surface area contributed by atoms with Gasteiger partial charge in [0.25, 0.3) is 0 Å². The SMILES string of the molecule is C=C(CCCC(=O)CC/C(O)=C/[N+]#N)COCc1ccccc1. The minimum Gasteiger partial charge on any atom is -0.505 e. The van der Waals surface area contributed by atoms with E-state index < -0.39 is 0 Å². The first-order valence-electron chi connectivity index (χ1n) is 7.64. The summed E-state index contributed by atoms with van der Waals surface area (Å²) in [5.41, 5.74) is 2.09. The molecule has 0 amide bonds. The molecule has 1 aromatic rings. The third-order valence-corrected chi connectivity index (χ3v) is 3.27. The minimum absolute atomic E-state index is 0.0703. The van der Waals surface area contributed by atoms with E-state index in [2.05, 4.69) is 11.6 Å². The van der Waals surface area contributed by atoms with Gasteiger partial charge in [0.15, 0.2) is 10.7 Å². The normalized spacial score (nSPS) is 11.0. The number of aliphatic hydroxyl groups is 1. The van der Waals surface area contributed by atoms with E-state index in [0.29, 0.717) is 19.6 Å². The van der Waals surface area contributed by atoms with Crippen molar-refractivity contribution in [2.45, 2.75) is 38.7 Å². The number of carbonyl (C=O) groups excluding carboxylic acids is 1. The van der Waals surface area contributed by atoms with Gasteiger partial charge >= 0.3 is 6.20 Å². The predicted molar refractivity (Wildman–Crippen MR) is 89.1 cm³/mol. The Morgan fingerprint density at radius 2 is 1.96 bits per heavy atom. The van der Waals surface area contributed by atoms with E-state index >= 15 is 0 Å². The monoisotopic (exact) mass is 315 g/mol. The molecule has 5 nitrogen and oxygen atoms in total. The van der Waals surface area contributed by atoms with Crippen LogP contribution in [0.1, 0.15) is 37.7 Å². The maximum Gasteiger partial charge on any atom is 0.387 e. The lowest BCUT2D eigenvalue weighted by atomic mass is 10.1. The van der Waals surface area contributed by atoms with Gasteiger partial charge in [0.1, 0.15) is 5.78 Å². The number of hydrogen-bond donors (Lipinski definition) is 1. The highest BCUT2D eigenvalue weighted by atomic mass is 16.5. The molecule has 0 aliphatic rings. The van der Waals surface area contributed by atoms with Crippen LogP contribution in [0.2, 0.25) is 0 Å². The van der Waals surface area contributed by atoms with Crippen LogP contribution in [0.15, 0.2) is 54.4 Å². The Morgan fingerprint density at radius 3 is 2.65 bits per heavy atom. The van der Waals surface area contributed by atoms with Gasteiger partial charge in [0, 0.05) is 19.3 Å². The number of aliphatic hydroxyl groups excluding tert-OH is 1. The lowest BCUT2D eigenvalue weighted by Crippen LogP contribution is -2.01. The first-order valence-corrected chi connectivity index (χ1v) is 7.64. The summed E-state index contributed by atoms with van der Waals surface area (Å²) in [6, 6.07) is 9.93. The van der Waals surface area contributed by atoms with Crippen LogP contribution in [-0.4, -0.2) is 17.5 Å². The molecular weight excluding hydrogens is 292 g/mol. The van der Waals surface area contributed by atoms with Crippen LogP contribution in [0.25, 0.3) is 4.98 Å². The summed E-state index contributed by atoms with van der Waals surface area (Å²) in [7, 11) is 0. The highest BCUT2D eigenvalue weighted by Crippen LogP contribution is 2.11. The lowest BCUT2D eigenvalue weighted by Gasteiger charge is -2.07. The molecule has 0 atom stereocenters. The molecule has 1 N–H and O–H groups in total. The van der Waals surface area contributed by atoms with E-state index in [-0.39, 0.29) is 24.4 Å². The number of diazo groups is 1. The summed E-state index contributed by atoms with van der Waals surface area (Å²) in [5, 5.41) is 17.5. The second kappa shape index (κ2) is 11.2. The number of Topliss-reactive ketones (excluding diaryl/α,β-unsaturated/α-hetero) is 1. The zero-order valence-corrected chi connectivity index (χ0v) is 13.3. The van der Waals surface area contributed by atoms with Crippen LogP contribution >= 0.6 is 0 Å². The zero-order chi connectivity index (χ0) is 16.9. The maximum atomic E-state index is 11.6. The van der Waals surface area contributed by atoms with Gasteiger partial charge < -0.3 is 9.84 Å². The molecule has 0 saturated carbocycles. The van der Waals surface area contributed by atoms with Crippen LogP contribution in [0, 0.1) is 5.39 Å². The molecule has 0 unspecified atom stereocenters. The number of benzene rings is 1. The molecule has 0 radical (unpaired) electrons. The highest BCUT2D eigenvalue weighted by Gasteiger charge is 2.07. The van der Waals surface area contributed by atoms with Crippen LogP contribution in [-0.2, 0) is 16.1 Å². The summed E-state index contributed by atoms with van der Waals surface area (Å²) >= 11 is 0. The largest absolute Gasteiger partial charge is 0.505 e. The summed E-state index contributed by atoms with van der Waals surface area (Å²) in [6.45, 7) is 5.00. The molecule has 0 aliphatic carbocycles. The van der Waals surface area contributed by atoms with Crippen molar-refractivity contribution in [1.82, 2.24) is 0 Å². The number of carbonyl (C=O) groups is 1. The molecule has 5 heteroatoms. The molecule has 0 saturated heterocycles. The van der Waals surface area contributed by atoms with Crippen LogP contribution in [0.5, 0.6) is 0 Å². The summed E-state index contributed by atoms with van der Waals surface area (Å²) in [6.07, 6.45) is 3.29. The second-order valence-electron chi connectivity index (χ2n) is 5.36. The Labute approximate surface area is 136 Å². The fraction of sp³-hybridized carbons (Fsp3) is 0.389. The van der Waals surface area contributed by atoms with E-state index in [4.69, 9.17) is 10.1 Å². The van der Waals surface area contributed by atoms with Crippen molar-refractivity contribution in [2.24, 2.45) is 0 Å². The summed E-state index contributed by atoms with van der Waals surface area (Å²) in [4.78, 5) is 14.3. The molecule has 0 bridgehead atoms. The first-order chi connectivity index (χ1) is 11.1. The van der Waals surface area contributed by atoms with Crippen molar-refractivity contribution in [1.29, 1.82) is 5.39 Å². The van der Waals surface area contributed by atoms with E-state index in [1.165, 1.54) is 0 Å². The summed E-state index contributed by atoms with van der Waals surface area (Å²) < 4.78 is 5.59. The maximum absolute atomic E-state index is 11.6. The summed E-state index contributed by atoms with van der Waals surface area (Å²) in [5.74, 6) is -0.0273. The van der Waals surface area contributed by atoms with Crippen LogP contribution in [0.4, 0.5) is 0 Å². The highest BCUT2D eigenvalue weighted by molar-refractivity contribution is 5.78. The molecule has 0 heterocycles. The standard InChI is InChI=1S/C18H22N2O3/c1-15(13-23-14-16-7-3-2-4-8-16)6-5-9-17(21)10-11-18(22)12-20-19/h2-4,7-8,12H,1,5-6,9-11,13-14H2/p+1/b18-12-. The average molecular weight is 315 g/mol. The number of ether oxygens (including phenoxy) is 1. The van der Waals surface area contributed by atoms with Gasteiger partial charge in [-0.1, -0.05) is 42.5 Å². The number of rotatable bonds is 11. The van der Waals surface area contributed by atoms with Crippen molar-refractivity contribution in [3.8, 4) is 0 Å². The molecule has 0 spiro atoms. The van der Waals surface area contributed by atoms with Gasteiger partial charge in [0.2, 0.25) is 5.39 Å². The number of hydrogen-bond acceptors (Lipinski definition) is 4. The molecular formula is C18H23N2O3+. The number of nitrogens with zero attached hydrogens (tertiary/aromatic N) is 2. The zero-order valence-electron chi connectivity index (χ0n) is 13.3. The van der Waals surface area contributed by atoms with Crippen molar-refractivity contribution in [3.05, 3.63) is 65.0 Å². The fourth-order valence-corrected chi connectivity index (χ4v) is 2.02. The second-order valence-corrected chi connectivity index (χ2v) is 5.36. The van der Waals surface area contributed by atoms with Gasteiger partial charge in [-0.15, -0.1) is 0 Å². The minimum atomic E-state index is -0.0976. The van der Waals surface area contributed by atoms with Gasteiger partial charge in [0.05, 0.1) is 13.2 Å². The molecule has 122 valence electrons. The van der Waals surface area contributed by atoms with Crippen molar-refractivity contribution in [2.75, 3.05) is 6.61 Å². The Hall–Kier alpha value is -2.45. The van der Waals surface area contributed by atoms with Crippen molar-refractivity contribution >= 4 is 5.78 Å². The Balaban J connectivity index is 2.08. The molecule has 0 aliphatic heterocycles. The van der Waals surface area contributed by atoms with Gasteiger partial charge in [-0.25, -0.2) is 0 Å². The van der Waals surface area contributed by atoms with Crippen LogP contribution in [0.3, 0.4) is 0 Å². The Morgan fingerprint density at radius 1 is 1.22 bits per heavy atom. The Bertz CT molecular complexity index is 574. The third-order valence-electron chi connectivity index (χ3n) is 3.27. The predicted octanol–water partition coefficient (Wildman–Crippen LogP) is 4.53. The fourth-order valence-electron chi connectivity index (χ4n) is 2.02. The van der Waals surface area contributed by atoms with Gasteiger partial charge in [-0.2, -0.15) is 0 Å². The topological polar surface area (TPSA) is 74.7 Å². The van der Waals surface area contributed by atoms with Crippen molar-refractivity contribution < 1.29 is 14.6 Å². The van der Waals surface area contributed by atoms with E-state index in [1.54, 1.807) is 0 Å². The Kier molecular flexibility index (Phi) is 9.03. The quantitative estimate of drug-likeness (QED) is 0.370. The molecule has 0 fully saturated rings. The third kappa shape index (κ3) is 9.22. The molecule has 0 aromatic heterocycles. The first kappa shape index (κ1) is 18.6. The van der Waals surface area contributed by atoms with Gasteiger partial charge in [-0.3, -0.25) is 4.79 Å². The average Bonchev–Trinajstić information content (AvgIpc) is 2.54. The van der Waals surface area contributed by atoms with E-state index in [1.807, 2.05) is 30.3 Å². The smallest absolute Gasteiger partial charge is 0.387 e. The van der Waals surface area contributed by atoms with E-state index in [9.17, 15) is 9.90 Å². The lowest BCUT2D eigenvalue weighted by molar-refractivity contribution is -0.119. The number of ketones is 1. The molecule has 1 aromatic carbocycles. The van der Waals surface area contributed by atoms with Crippen molar-refractivity contribution in [3.63, 3.8) is 0 Å². The molecule has 23 heavy (non-hydrogen) atoms. The van der Waals surface area contributed by atoms with Gasteiger partial charge in [-0.05, 0) is 18.4 Å². The number of allylic oxidation sites excluding steroid dienone is 1. The van der Waals surface area contributed by atoms with E-state index in [0.717, 1.165) is 30.2 Å². The van der Waals surface area contributed by atoms with Crippen LogP contribution < -0.4 is 0 Å².